The third-order valence-corrected chi connectivity index (χ3v) is 3.19. The molecule has 1 atom stereocenters. The van der Waals surface area contributed by atoms with Gasteiger partial charge in [0.2, 0.25) is 5.91 Å². The van der Waals surface area contributed by atoms with Gasteiger partial charge in [0, 0.05) is 24.1 Å². The molecule has 1 amide bonds. The van der Waals surface area contributed by atoms with Crippen LogP contribution < -0.4 is 10.6 Å². The second-order valence-corrected chi connectivity index (χ2v) is 4.74. The Balaban J connectivity index is 1.86. The zero-order valence-corrected chi connectivity index (χ0v) is 11.8. The average molecular weight is 269 g/mol. The maximum absolute atomic E-state index is 11.8. The fourth-order valence-corrected chi connectivity index (χ4v) is 2.07. The molecule has 0 fully saturated rings. The molecule has 0 aliphatic rings. The van der Waals surface area contributed by atoms with Crippen LogP contribution in [0.4, 0.5) is 5.69 Å². The van der Waals surface area contributed by atoms with E-state index in [1.165, 1.54) is 11.1 Å². The third kappa shape index (κ3) is 3.90. The average Bonchev–Trinajstić information content (AvgIpc) is 2.46. The molecular weight excluding hydrogens is 250 g/mol. The van der Waals surface area contributed by atoms with Gasteiger partial charge in [-0.05, 0) is 37.1 Å². The van der Waals surface area contributed by atoms with Gasteiger partial charge in [-0.25, -0.2) is 0 Å². The maximum atomic E-state index is 11.8. The normalized spacial score (nSPS) is 11.9. The minimum absolute atomic E-state index is 0.0587. The van der Waals surface area contributed by atoms with Crippen molar-refractivity contribution in [1.82, 2.24) is 10.3 Å². The van der Waals surface area contributed by atoms with Crippen LogP contribution in [0.3, 0.4) is 0 Å². The van der Waals surface area contributed by atoms with Gasteiger partial charge in [0.15, 0.2) is 0 Å². The fourth-order valence-electron chi connectivity index (χ4n) is 2.07. The zero-order chi connectivity index (χ0) is 14.4. The number of nitrogens with zero attached hydrogens (tertiary/aromatic N) is 1. The number of benzene rings is 1. The van der Waals surface area contributed by atoms with Gasteiger partial charge in [-0.1, -0.05) is 24.3 Å². The summed E-state index contributed by atoms with van der Waals surface area (Å²) in [7, 11) is 0. The van der Waals surface area contributed by atoms with E-state index in [1.807, 2.05) is 12.1 Å². The Labute approximate surface area is 119 Å². The molecule has 0 radical (unpaired) electrons. The first-order valence-electron chi connectivity index (χ1n) is 6.65. The van der Waals surface area contributed by atoms with Gasteiger partial charge in [0.1, 0.15) is 0 Å². The maximum Gasteiger partial charge on any atom is 0.238 e. The number of aromatic nitrogens is 1. The number of pyridine rings is 1. The Morgan fingerprint density at radius 2 is 1.90 bits per heavy atom. The second kappa shape index (κ2) is 6.82. The highest BCUT2D eigenvalue weighted by Gasteiger charge is 2.09. The van der Waals surface area contributed by atoms with Crippen LogP contribution in [0.1, 0.15) is 24.1 Å². The number of anilines is 1. The van der Waals surface area contributed by atoms with E-state index in [0.717, 1.165) is 5.69 Å². The molecule has 0 spiro atoms. The first kappa shape index (κ1) is 14.2. The van der Waals surface area contributed by atoms with E-state index in [-0.39, 0.29) is 18.5 Å². The van der Waals surface area contributed by atoms with Gasteiger partial charge in [-0.15, -0.1) is 0 Å². The van der Waals surface area contributed by atoms with Crippen LogP contribution >= 0.6 is 0 Å². The number of carbonyl (C=O) groups is 1. The smallest absolute Gasteiger partial charge is 0.238 e. The molecule has 0 bridgehead atoms. The molecule has 0 saturated heterocycles. The van der Waals surface area contributed by atoms with Crippen molar-refractivity contribution in [2.24, 2.45) is 0 Å². The van der Waals surface area contributed by atoms with Gasteiger partial charge in [0.25, 0.3) is 0 Å². The van der Waals surface area contributed by atoms with E-state index < -0.39 is 0 Å². The van der Waals surface area contributed by atoms with Crippen molar-refractivity contribution in [3.8, 4) is 0 Å². The number of hydrogen-bond acceptors (Lipinski definition) is 3. The molecule has 4 nitrogen and oxygen atoms in total. The highest BCUT2D eigenvalue weighted by Crippen LogP contribution is 2.16. The summed E-state index contributed by atoms with van der Waals surface area (Å²) in [6, 6.07) is 11.8. The molecule has 0 unspecified atom stereocenters. The largest absolute Gasteiger partial charge is 0.325 e. The van der Waals surface area contributed by atoms with Gasteiger partial charge in [-0.2, -0.15) is 0 Å². The summed E-state index contributed by atoms with van der Waals surface area (Å²) >= 11 is 0. The molecule has 0 saturated carbocycles. The van der Waals surface area contributed by atoms with Crippen molar-refractivity contribution in [2.75, 3.05) is 11.9 Å². The highest BCUT2D eigenvalue weighted by molar-refractivity contribution is 5.92. The number of aryl methyl sites for hydroxylation is 1. The van der Waals surface area contributed by atoms with Gasteiger partial charge in [-0.3, -0.25) is 9.78 Å². The molecule has 1 aromatic heterocycles. The van der Waals surface area contributed by atoms with Crippen molar-refractivity contribution in [3.63, 3.8) is 0 Å². The molecule has 2 aromatic rings. The summed E-state index contributed by atoms with van der Waals surface area (Å²) < 4.78 is 0. The van der Waals surface area contributed by atoms with Crippen molar-refractivity contribution < 1.29 is 4.79 Å². The first-order chi connectivity index (χ1) is 9.66. The lowest BCUT2D eigenvalue weighted by atomic mass is 10.0. The van der Waals surface area contributed by atoms with E-state index in [0.29, 0.717) is 0 Å². The zero-order valence-electron chi connectivity index (χ0n) is 11.8. The molecule has 0 aliphatic carbocycles. The van der Waals surface area contributed by atoms with Crippen LogP contribution in [0.2, 0.25) is 0 Å². The minimum atomic E-state index is -0.0587. The third-order valence-electron chi connectivity index (χ3n) is 3.19. The molecule has 4 heteroatoms. The van der Waals surface area contributed by atoms with E-state index >= 15 is 0 Å². The molecule has 2 rings (SSSR count). The molecule has 104 valence electrons. The first-order valence-corrected chi connectivity index (χ1v) is 6.65. The standard InChI is InChI=1S/C16H19N3O/c1-12-5-3-4-6-15(12)13(2)18-11-16(20)19-14-7-9-17-10-8-14/h3-10,13,18H,11H2,1-2H3,(H,17,19,20)/t13-/m1/s1. The lowest BCUT2D eigenvalue weighted by Crippen LogP contribution is -2.30. The number of carbonyl (C=O) groups excluding carboxylic acids is 1. The predicted molar refractivity (Wildman–Crippen MR) is 80.5 cm³/mol. The van der Waals surface area contributed by atoms with E-state index in [9.17, 15) is 4.79 Å². The van der Waals surface area contributed by atoms with Crippen LogP contribution in [0.25, 0.3) is 0 Å². The number of nitrogens with one attached hydrogen (secondary N) is 2. The molecule has 1 heterocycles. The van der Waals surface area contributed by atoms with Crippen molar-refractivity contribution in [2.45, 2.75) is 19.9 Å². The quantitative estimate of drug-likeness (QED) is 0.877. The lowest BCUT2D eigenvalue weighted by molar-refractivity contribution is -0.115. The summed E-state index contributed by atoms with van der Waals surface area (Å²) in [5, 5.41) is 6.05. The monoisotopic (exact) mass is 269 g/mol. The van der Waals surface area contributed by atoms with Crippen LogP contribution in [0.15, 0.2) is 48.8 Å². The van der Waals surface area contributed by atoms with Gasteiger partial charge >= 0.3 is 0 Å². The Hall–Kier alpha value is -2.20. The molecule has 20 heavy (non-hydrogen) atoms. The summed E-state index contributed by atoms with van der Waals surface area (Å²) in [6.07, 6.45) is 3.30. The molecule has 0 aliphatic heterocycles. The van der Waals surface area contributed by atoms with E-state index in [4.69, 9.17) is 0 Å². The van der Waals surface area contributed by atoms with E-state index in [2.05, 4.69) is 41.6 Å². The van der Waals surface area contributed by atoms with Gasteiger partial charge in [0.05, 0.1) is 6.54 Å². The number of hydrogen-bond donors (Lipinski definition) is 2. The SMILES string of the molecule is Cc1ccccc1[C@@H](C)NCC(=O)Nc1ccncc1. The van der Waals surface area contributed by atoms with Crippen LogP contribution in [-0.2, 0) is 4.79 Å². The second-order valence-electron chi connectivity index (χ2n) is 4.74. The number of amides is 1. The Bertz CT molecular complexity index is 569. The van der Waals surface area contributed by atoms with Crippen LogP contribution in [0.5, 0.6) is 0 Å². The predicted octanol–water partition coefficient (Wildman–Crippen LogP) is 2.68. The fraction of sp³-hybridized carbons (Fsp3) is 0.250. The van der Waals surface area contributed by atoms with E-state index in [1.54, 1.807) is 24.5 Å². The van der Waals surface area contributed by atoms with Crippen molar-refractivity contribution >= 4 is 11.6 Å². The summed E-state index contributed by atoms with van der Waals surface area (Å²) in [5.41, 5.74) is 3.20. The Morgan fingerprint density at radius 1 is 1.20 bits per heavy atom. The number of rotatable bonds is 5. The van der Waals surface area contributed by atoms with Crippen LogP contribution in [0, 0.1) is 6.92 Å². The minimum Gasteiger partial charge on any atom is -0.325 e. The molecular formula is C16H19N3O. The summed E-state index contributed by atoms with van der Waals surface area (Å²) in [4.78, 5) is 15.7. The Morgan fingerprint density at radius 3 is 2.60 bits per heavy atom. The molecule has 2 N–H and O–H groups in total. The van der Waals surface area contributed by atoms with Gasteiger partial charge < -0.3 is 10.6 Å². The lowest BCUT2D eigenvalue weighted by Gasteiger charge is -2.16. The highest BCUT2D eigenvalue weighted by atomic mass is 16.1. The van der Waals surface area contributed by atoms with Crippen molar-refractivity contribution in [1.29, 1.82) is 0 Å². The Kier molecular flexibility index (Phi) is 4.85. The summed E-state index contributed by atoms with van der Waals surface area (Å²) in [6.45, 7) is 4.41. The summed E-state index contributed by atoms with van der Waals surface area (Å²) in [5.74, 6) is -0.0587. The van der Waals surface area contributed by atoms with Crippen LogP contribution in [-0.4, -0.2) is 17.4 Å². The molecule has 1 aromatic carbocycles. The van der Waals surface area contributed by atoms with Crippen molar-refractivity contribution in [3.05, 3.63) is 59.9 Å². The topological polar surface area (TPSA) is 54.0 Å².